The highest BCUT2D eigenvalue weighted by Crippen LogP contribution is 2.38. The van der Waals surface area contributed by atoms with Gasteiger partial charge in [0.15, 0.2) is 5.82 Å². The van der Waals surface area contributed by atoms with Gasteiger partial charge < -0.3 is 19.9 Å². The van der Waals surface area contributed by atoms with Gasteiger partial charge in [-0.25, -0.2) is 28.8 Å². The van der Waals surface area contributed by atoms with Crippen LogP contribution in [0.15, 0.2) is 67.9 Å². The number of halogens is 2. The van der Waals surface area contributed by atoms with E-state index < -0.39 is 23.6 Å². The Morgan fingerprint density at radius 1 is 1.18 bits per heavy atom. The van der Waals surface area contributed by atoms with Gasteiger partial charge in [0.2, 0.25) is 5.91 Å². The molecule has 1 aliphatic heterocycles. The van der Waals surface area contributed by atoms with Gasteiger partial charge in [0.1, 0.15) is 29.5 Å². The second kappa shape index (κ2) is 10.9. The molecule has 0 spiro atoms. The maximum atomic E-state index is 14.5. The molecular formula is C27H25F2N7O3. The molecule has 39 heavy (non-hydrogen) atoms. The summed E-state index contributed by atoms with van der Waals surface area (Å²) in [5, 5.41) is 7.49. The Kier molecular flexibility index (Phi) is 7.19. The number of carbonyl (C=O) groups is 1. The van der Waals surface area contributed by atoms with Crippen LogP contribution in [-0.4, -0.2) is 39.1 Å². The molecule has 1 saturated heterocycles. The first-order chi connectivity index (χ1) is 18.9. The van der Waals surface area contributed by atoms with Gasteiger partial charge in [0.25, 0.3) is 0 Å². The predicted octanol–water partition coefficient (Wildman–Crippen LogP) is 5.01. The number of benzene rings is 2. The molecule has 0 bridgehead atoms. The van der Waals surface area contributed by atoms with E-state index >= 15 is 0 Å². The number of aryl methyl sites for hydroxylation is 1. The number of nitrogens with one attached hydrogen (secondary N) is 2. The van der Waals surface area contributed by atoms with Crippen LogP contribution in [0, 0.1) is 18.6 Å². The van der Waals surface area contributed by atoms with E-state index in [4.69, 9.17) is 9.57 Å². The third-order valence-electron chi connectivity index (χ3n) is 6.12. The van der Waals surface area contributed by atoms with Crippen LogP contribution in [-0.2, 0) is 9.63 Å². The Bertz CT molecular complexity index is 1540. The Hall–Kier alpha value is -4.84. The van der Waals surface area contributed by atoms with Crippen molar-refractivity contribution in [3.63, 3.8) is 0 Å². The van der Waals surface area contributed by atoms with Crippen molar-refractivity contribution in [3.8, 4) is 11.4 Å². The summed E-state index contributed by atoms with van der Waals surface area (Å²) in [4.78, 5) is 30.8. The molecule has 2 aromatic heterocycles. The number of methoxy groups -OCH3 is 1. The van der Waals surface area contributed by atoms with Gasteiger partial charge in [-0.1, -0.05) is 12.6 Å². The number of anilines is 4. The largest absolute Gasteiger partial charge is 0.494 e. The molecule has 5 rings (SSSR count). The van der Waals surface area contributed by atoms with Crippen LogP contribution in [0.3, 0.4) is 0 Å². The fraction of sp³-hybridized carbons (Fsp3) is 0.185. The van der Waals surface area contributed by atoms with Gasteiger partial charge in [-0.05, 0) is 25.1 Å². The molecule has 10 nitrogen and oxygen atoms in total. The quantitative estimate of drug-likeness (QED) is 0.305. The van der Waals surface area contributed by atoms with Crippen molar-refractivity contribution in [2.45, 2.75) is 19.4 Å². The average molecular weight is 534 g/mol. The zero-order valence-electron chi connectivity index (χ0n) is 21.2. The molecule has 1 fully saturated rings. The van der Waals surface area contributed by atoms with Crippen LogP contribution in [0.4, 0.5) is 31.8 Å². The highest BCUT2D eigenvalue weighted by atomic mass is 19.1. The van der Waals surface area contributed by atoms with E-state index in [0.717, 1.165) is 11.8 Å². The molecule has 3 heterocycles. The molecule has 2 aromatic carbocycles. The summed E-state index contributed by atoms with van der Waals surface area (Å²) in [7, 11) is 1.52. The molecule has 1 atom stereocenters. The van der Waals surface area contributed by atoms with Crippen molar-refractivity contribution in [2.24, 2.45) is 0 Å². The molecule has 0 unspecified atom stereocenters. The van der Waals surface area contributed by atoms with Gasteiger partial charge >= 0.3 is 0 Å². The topological polar surface area (TPSA) is 106 Å². The minimum atomic E-state index is -0.657. The number of imidazole rings is 1. The summed E-state index contributed by atoms with van der Waals surface area (Å²) in [5.74, 6) is -0.463. The Labute approximate surface area is 222 Å². The monoisotopic (exact) mass is 533 g/mol. The first-order valence-electron chi connectivity index (χ1n) is 12.0. The van der Waals surface area contributed by atoms with Gasteiger partial charge in [-0.2, -0.15) is 0 Å². The Balaban J connectivity index is 1.48. The SMILES string of the molecule is C=CC(=O)Nc1cc(Nc2cc(N3OCC[C@@H]3c3ccc(F)cc3F)ncn2)c(OC)cc1-n1cnc(C)c1. The maximum Gasteiger partial charge on any atom is 0.247 e. The number of amides is 1. The predicted molar refractivity (Wildman–Crippen MR) is 141 cm³/mol. The first-order valence-corrected chi connectivity index (χ1v) is 12.0. The number of hydrogen-bond acceptors (Lipinski definition) is 8. The molecule has 2 N–H and O–H groups in total. The lowest BCUT2D eigenvalue weighted by Crippen LogP contribution is -2.23. The van der Waals surface area contributed by atoms with Crippen LogP contribution in [0.25, 0.3) is 5.69 Å². The minimum Gasteiger partial charge on any atom is -0.494 e. The maximum absolute atomic E-state index is 14.5. The van der Waals surface area contributed by atoms with E-state index in [1.165, 1.54) is 36.7 Å². The van der Waals surface area contributed by atoms with E-state index in [2.05, 4.69) is 32.2 Å². The van der Waals surface area contributed by atoms with Gasteiger partial charge in [-0.15, -0.1) is 0 Å². The molecule has 200 valence electrons. The van der Waals surface area contributed by atoms with Gasteiger partial charge in [0.05, 0.1) is 48.8 Å². The molecule has 0 aliphatic carbocycles. The van der Waals surface area contributed by atoms with Gasteiger partial charge in [0, 0.05) is 36.4 Å². The Morgan fingerprint density at radius 2 is 2.03 bits per heavy atom. The van der Waals surface area contributed by atoms with E-state index in [0.29, 0.717) is 53.0 Å². The molecule has 4 aromatic rings. The van der Waals surface area contributed by atoms with Crippen LogP contribution >= 0.6 is 0 Å². The summed E-state index contributed by atoms with van der Waals surface area (Å²) in [6, 6.07) is 8.06. The number of hydrogen-bond donors (Lipinski definition) is 2. The summed E-state index contributed by atoms with van der Waals surface area (Å²) in [6.45, 7) is 5.72. The van der Waals surface area contributed by atoms with Crippen molar-refractivity contribution < 1.29 is 23.1 Å². The zero-order valence-corrected chi connectivity index (χ0v) is 21.2. The van der Waals surface area contributed by atoms with Crippen LogP contribution in [0.5, 0.6) is 5.75 Å². The van der Waals surface area contributed by atoms with E-state index in [1.54, 1.807) is 29.1 Å². The lowest BCUT2D eigenvalue weighted by Gasteiger charge is -2.24. The highest BCUT2D eigenvalue weighted by molar-refractivity contribution is 6.01. The smallest absolute Gasteiger partial charge is 0.247 e. The number of aromatic nitrogens is 4. The fourth-order valence-electron chi connectivity index (χ4n) is 4.31. The summed E-state index contributed by atoms with van der Waals surface area (Å²) in [6.07, 6.45) is 6.46. The summed E-state index contributed by atoms with van der Waals surface area (Å²) in [5.41, 5.74) is 2.71. The standard InChI is InChI=1S/C27H25F2N7O3/c1-4-27(37)34-20-10-21(24(38-3)11-23(20)35-13-16(2)32-15-35)33-25-12-26(31-14-30-25)36-22(7-8-39-36)18-6-5-17(28)9-19(18)29/h4-6,9-15,22H,1,7-8H2,2-3H3,(H,34,37)(H,30,31,33)/t22-/m1/s1. The van der Waals surface area contributed by atoms with Crippen molar-refractivity contribution in [1.82, 2.24) is 19.5 Å². The van der Waals surface area contributed by atoms with Crippen LogP contribution < -0.4 is 20.4 Å². The van der Waals surface area contributed by atoms with Gasteiger partial charge in [-0.3, -0.25) is 9.63 Å². The van der Waals surface area contributed by atoms with Crippen molar-refractivity contribution in [2.75, 3.05) is 29.4 Å². The molecule has 0 saturated carbocycles. The van der Waals surface area contributed by atoms with E-state index in [1.807, 2.05) is 13.1 Å². The third kappa shape index (κ3) is 5.41. The lowest BCUT2D eigenvalue weighted by molar-refractivity contribution is -0.111. The number of rotatable bonds is 8. The Morgan fingerprint density at radius 3 is 2.74 bits per heavy atom. The third-order valence-corrected chi connectivity index (χ3v) is 6.12. The van der Waals surface area contributed by atoms with Crippen LogP contribution in [0.2, 0.25) is 0 Å². The summed E-state index contributed by atoms with van der Waals surface area (Å²) >= 11 is 0. The minimum absolute atomic E-state index is 0.302. The second-order valence-corrected chi connectivity index (χ2v) is 8.70. The highest BCUT2D eigenvalue weighted by Gasteiger charge is 2.31. The number of nitrogens with zero attached hydrogens (tertiary/aromatic N) is 5. The molecule has 12 heteroatoms. The number of hydroxylamine groups is 1. The first kappa shape index (κ1) is 25.8. The van der Waals surface area contributed by atoms with E-state index in [9.17, 15) is 13.6 Å². The van der Waals surface area contributed by atoms with Crippen molar-refractivity contribution in [1.29, 1.82) is 0 Å². The molecule has 1 aliphatic rings. The molecule has 0 radical (unpaired) electrons. The zero-order chi connectivity index (χ0) is 27.5. The second-order valence-electron chi connectivity index (χ2n) is 8.70. The average Bonchev–Trinajstić information content (AvgIpc) is 3.58. The molecule has 1 amide bonds. The van der Waals surface area contributed by atoms with Crippen LogP contribution in [0.1, 0.15) is 23.7 Å². The number of ether oxygens (including phenoxy) is 1. The van der Waals surface area contributed by atoms with Crippen molar-refractivity contribution in [3.05, 3.63) is 90.8 Å². The summed E-state index contributed by atoms with van der Waals surface area (Å²) < 4.78 is 35.4. The molecular weight excluding hydrogens is 508 g/mol. The fourth-order valence-corrected chi connectivity index (χ4v) is 4.31. The number of carbonyl (C=O) groups excluding carboxylic acids is 1. The normalized spacial score (nSPS) is 14.8. The lowest BCUT2D eigenvalue weighted by atomic mass is 10.0. The van der Waals surface area contributed by atoms with Crippen molar-refractivity contribution >= 4 is 28.9 Å². The van der Waals surface area contributed by atoms with E-state index in [-0.39, 0.29) is 0 Å².